The normalized spacial score (nSPS) is 21.9. The van der Waals surface area contributed by atoms with E-state index in [1.54, 1.807) is 17.3 Å². The molecule has 22 heavy (non-hydrogen) atoms. The molecule has 0 radical (unpaired) electrons. The van der Waals surface area contributed by atoms with Crippen molar-refractivity contribution >= 4 is 12.2 Å². The van der Waals surface area contributed by atoms with Crippen LogP contribution in [0.2, 0.25) is 0 Å². The lowest BCUT2D eigenvalue weighted by Gasteiger charge is -2.31. The third-order valence-electron chi connectivity index (χ3n) is 4.70. The average Bonchev–Trinajstić information content (AvgIpc) is 2.85. The van der Waals surface area contributed by atoms with Gasteiger partial charge in [0.2, 0.25) is 4.77 Å². The Hall–Kier alpha value is -1.53. The summed E-state index contributed by atoms with van der Waals surface area (Å²) in [6, 6.07) is 4.69. The molecule has 6 heteroatoms. The lowest BCUT2D eigenvalue weighted by molar-refractivity contribution is -0.953. The van der Waals surface area contributed by atoms with Gasteiger partial charge in [0.1, 0.15) is 0 Å². The fraction of sp³-hybridized carbons (Fsp3) is 0.562. The van der Waals surface area contributed by atoms with Gasteiger partial charge in [-0.15, -0.1) is 5.10 Å². The van der Waals surface area contributed by atoms with Gasteiger partial charge in [-0.2, -0.15) is 4.68 Å². The highest BCUT2D eigenvalue weighted by Crippen LogP contribution is 2.15. The van der Waals surface area contributed by atoms with E-state index < -0.39 is 0 Å². The minimum absolute atomic E-state index is 0.738. The summed E-state index contributed by atoms with van der Waals surface area (Å²) >= 11 is 5.59. The quantitative estimate of drug-likeness (QED) is 0.874. The van der Waals surface area contributed by atoms with E-state index in [9.17, 15) is 0 Å². The Bertz CT molecular complexity index is 676. The van der Waals surface area contributed by atoms with Crippen LogP contribution in [0.1, 0.15) is 32.6 Å². The Balaban J connectivity index is 1.87. The van der Waals surface area contributed by atoms with Crippen molar-refractivity contribution in [3.63, 3.8) is 0 Å². The number of piperidine rings is 1. The van der Waals surface area contributed by atoms with Crippen LogP contribution in [0, 0.1) is 4.77 Å². The van der Waals surface area contributed by atoms with E-state index in [0.717, 1.165) is 28.9 Å². The molecule has 0 amide bonds. The lowest BCUT2D eigenvalue weighted by Crippen LogP contribution is -3.15. The van der Waals surface area contributed by atoms with Gasteiger partial charge in [-0.25, -0.2) is 0 Å². The highest BCUT2D eigenvalue weighted by Gasteiger charge is 2.25. The largest absolute Gasteiger partial charge is 0.314 e. The monoisotopic (exact) mass is 318 g/mol. The first kappa shape index (κ1) is 15.4. The molecule has 3 heterocycles. The van der Waals surface area contributed by atoms with Crippen molar-refractivity contribution in [1.29, 1.82) is 0 Å². The molecule has 118 valence electrons. The van der Waals surface area contributed by atoms with Crippen molar-refractivity contribution < 1.29 is 4.90 Å². The zero-order chi connectivity index (χ0) is 15.5. The van der Waals surface area contributed by atoms with Gasteiger partial charge in [-0.05, 0) is 50.0 Å². The third-order valence-corrected chi connectivity index (χ3v) is 5.19. The molecule has 1 saturated heterocycles. The summed E-state index contributed by atoms with van der Waals surface area (Å²) in [4.78, 5) is 5.69. The topological polar surface area (TPSA) is 40.1 Å². The Morgan fingerprint density at radius 1 is 1.32 bits per heavy atom. The Labute approximate surface area is 136 Å². The molecule has 0 bridgehead atoms. The maximum absolute atomic E-state index is 5.59. The van der Waals surface area contributed by atoms with E-state index in [0.29, 0.717) is 0 Å². The van der Waals surface area contributed by atoms with Crippen LogP contribution in [0.3, 0.4) is 0 Å². The second-order valence-corrected chi connectivity index (χ2v) is 6.43. The number of aromatic nitrogens is 4. The van der Waals surface area contributed by atoms with Crippen LogP contribution in [0.25, 0.3) is 11.4 Å². The molecule has 2 aromatic heterocycles. The smallest absolute Gasteiger partial charge is 0.202 e. The van der Waals surface area contributed by atoms with E-state index in [2.05, 4.69) is 11.9 Å². The number of pyridine rings is 1. The Kier molecular flexibility index (Phi) is 4.69. The molecule has 2 atom stereocenters. The van der Waals surface area contributed by atoms with Crippen LogP contribution in [0.5, 0.6) is 0 Å². The molecule has 0 aliphatic carbocycles. The molecule has 3 rings (SSSR count). The van der Waals surface area contributed by atoms with Gasteiger partial charge >= 0.3 is 0 Å². The molecule has 1 fully saturated rings. The molecule has 1 N–H and O–H groups in total. The first-order valence-corrected chi connectivity index (χ1v) is 8.50. The van der Waals surface area contributed by atoms with Crippen molar-refractivity contribution in [2.75, 3.05) is 6.54 Å². The van der Waals surface area contributed by atoms with Gasteiger partial charge in [0.25, 0.3) is 0 Å². The molecular weight excluding hydrogens is 294 g/mol. The lowest BCUT2D eigenvalue weighted by atomic mass is 10.0. The molecule has 5 nitrogen and oxygen atoms in total. The third kappa shape index (κ3) is 2.98. The van der Waals surface area contributed by atoms with E-state index in [-0.39, 0.29) is 0 Å². The first-order chi connectivity index (χ1) is 10.7. The number of nitrogens with one attached hydrogen (secondary N) is 1. The summed E-state index contributed by atoms with van der Waals surface area (Å²) in [6.45, 7) is 4.38. The number of quaternary nitrogens is 1. The summed E-state index contributed by atoms with van der Waals surface area (Å²) in [7, 11) is 1.99. The maximum Gasteiger partial charge on any atom is 0.202 e. The standard InChI is InChI=1S/C16H23N5S/c1-3-14-6-4-5-11-20(14)12-21-16(22)19(2)15(18-21)13-7-9-17-10-8-13/h7-10,14H,3-6,11-12H2,1-2H3/p+1/t14-/m1/s1. The van der Waals surface area contributed by atoms with Crippen molar-refractivity contribution in [3.8, 4) is 11.4 Å². The maximum atomic E-state index is 5.59. The van der Waals surface area contributed by atoms with Crippen molar-refractivity contribution in [1.82, 2.24) is 19.3 Å². The minimum Gasteiger partial charge on any atom is -0.314 e. The molecule has 0 saturated carbocycles. The van der Waals surface area contributed by atoms with Crippen LogP contribution >= 0.6 is 12.2 Å². The van der Waals surface area contributed by atoms with Crippen LogP contribution in [-0.2, 0) is 13.7 Å². The number of likely N-dealkylation sites (tertiary alicyclic amines) is 1. The Morgan fingerprint density at radius 2 is 2.09 bits per heavy atom. The van der Waals surface area contributed by atoms with Gasteiger partial charge in [-0.1, -0.05) is 6.92 Å². The zero-order valence-corrected chi connectivity index (χ0v) is 14.1. The predicted molar refractivity (Wildman–Crippen MR) is 89.0 cm³/mol. The van der Waals surface area contributed by atoms with E-state index in [1.165, 1.54) is 32.2 Å². The van der Waals surface area contributed by atoms with Crippen LogP contribution in [-0.4, -0.2) is 31.9 Å². The summed E-state index contributed by atoms with van der Waals surface area (Å²) in [5.41, 5.74) is 1.06. The van der Waals surface area contributed by atoms with Crippen molar-refractivity contribution in [3.05, 3.63) is 29.3 Å². The fourth-order valence-electron chi connectivity index (χ4n) is 3.39. The van der Waals surface area contributed by atoms with Gasteiger partial charge < -0.3 is 9.47 Å². The van der Waals surface area contributed by atoms with Gasteiger partial charge in [0.05, 0.1) is 12.6 Å². The van der Waals surface area contributed by atoms with Gasteiger partial charge in [-0.3, -0.25) is 4.98 Å². The van der Waals surface area contributed by atoms with Gasteiger partial charge in [0, 0.05) is 25.0 Å². The van der Waals surface area contributed by atoms with E-state index in [4.69, 9.17) is 17.3 Å². The van der Waals surface area contributed by atoms with E-state index in [1.807, 2.05) is 28.4 Å². The number of nitrogens with zero attached hydrogens (tertiary/aromatic N) is 4. The molecule has 1 aliphatic heterocycles. The van der Waals surface area contributed by atoms with Crippen LogP contribution < -0.4 is 4.90 Å². The number of hydrogen-bond acceptors (Lipinski definition) is 3. The zero-order valence-electron chi connectivity index (χ0n) is 13.3. The highest BCUT2D eigenvalue weighted by molar-refractivity contribution is 7.71. The number of rotatable bonds is 4. The van der Waals surface area contributed by atoms with Crippen molar-refractivity contribution in [2.45, 2.75) is 45.3 Å². The molecule has 0 aromatic carbocycles. The van der Waals surface area contributed by atoms with Crippen LogP contribution in [0.4, 0.5) is 0 Å². The Morgan fingerprint density at radius 3 is 2.82 bits per heavy atom. The fourth-order valence-corrected chi connectivity index (χ4v) is 3.58. The average molecular weight is 318 g/mol. The van der Waals surface area contributed by atoms with Crippen molar-refractivity contribution in [2.24, 2.45) is 7.05 Å². The summed E-state index contributed by atoms with van der Waals surface area (Å²) in [5, 5.41) is 4.77. The highest BCUT2D eigenvalue weighted by atomic mass is 32.1. The second kappa shape index (κ2) is 6.71. The SMILES string of the molecule is CC[C@@H]1CCCC[NH+]1Cn1nc(-c2ccncc2)n(C)c1=S. The molecule has 2 aromatic rings. The van der Waals surface area contributed by atoms with Gasteiger partial charge in [0.15, 0.2) is 12.5 Å². The first-order valence-electron chi connectivity index (χ1n) is 8.09. The minimum atomic E-state index is 0.738. The number of hydrogen-bond donors (Lipinski definition) is 1. The second-order valence-electron chi connectivity index (χ2n) is 6.07. The van der Waals surface area contributed by atoms with Crippen LogP contribution in [0.15, 0.2) is 24.5 Å². The predicted octanol–water partition coefficient (Wildman–Crippen LogP) is 1.82. The molecule has 1 unspecified atom stereocenters. The summed E-state index contributed by atoms with van der Waals surface area (Å²) < 4.78 is 4.78. The summed E-state index contributed by atoms with van der Waals surface area (Å²) in [6.07, 6.45) is 8.80. The van der Waals surface area contributed by atoms with E-state index >= 15 is 0 Å². The molecule has 0 spiro atoms. The summed E-state index contributed by atoms with van der Waals surface area (Å²) in [5.74, 6) is 0.914. The molecule has 1 aliphatic rings. The molecular formula is C16H24N5S+.